The molecule has 154 valence electrons. The van der Waals surface area contributed by atoms with Crippen molar-refractivity contribution in [2.75, 3.05) is 0 Å². The number of hydrogen-bond acceptors (Lipinski definition) is 1. The van der Waals surface area contributed by atoms with Gasteiger partial charge in [0.2, 0.25) is 0 Å². The zero-order chi connectivity index (χ0) is 24.2. The van der Waals surface area contributed by atoms with Gasteiger partial charge < -0.3 is 5.11 Å². The van der Waals surface area contributed by atoms with Crippen molar-refractivity contribution in [3.05, 3.63) is 11.6 Å². The fourth-order valence-corrected chi connectivity index (χ4v) is 8.07. The zero-order valence-corrected chi connectivity index (χ0v) is 17.4. The molecule has 27 heavy (non-hydrogen) atoms. The first-order valence-corrected chi connectivity index (χ1v) is 11.7. The lowest BCUT2D eigenvalue weighted by Gasteiger charge is -2.54. The number of aliphatic hydroxyl groups excluding tert-OH is 1. The lowest BCUT2D eigenvalue weighted by molar-refractivity contribution is -0.0294. The molecule has 1 nitrogen and oxygen atoms in total. The summed E-state index contributed by atoms with van der Waals surface area (Å²) in [5.74, 6) is 2.99. The summed E-state index contributed by atoms with van der Waals surface area (Å²) in [4.78, 5) is 0. The van der Waals surface area contributed by atoms with Crippen molar-refractivity contribution in [3.8, 4) is 0 Å². The molecule has 0 amide bonds. The van der Waals surface area contributed by atoms with Crippen LogP contribution in [-0.4, -0.2) is 11.2 Å². The van der Waals surface area contributed by atoms with Gasteiger partial charge in [-0.25, -0.2) is 0 Å². The Bertz CT molecular complexity index is 713. The molecule has 0 radical (unpaired) electrons. The average molecular weight is 379 g/mol. The van der Waals surface area contributed by atoms with Crippen molar-refractivity contribution in [2.24, 2.45) is 46.8 Å². The number of fused-ring (bicyclic) bond motifs is 5. The van der Waals surface area contributed by atoms with Crippen LogP contribution in [0.15, 0.2) is 11.6 Å². The maximum absolute atomic E-state index is 10.1. The van der Waals surface area contributed by atoms with Crippen LogP contribution in [0, 0.1) is 46.8 Å². The van der Waals surface area contributed by atoms with Crippen LogP contribution in [0.25, 0.3) is 0 Å². The Balaban J connectivity index is 1.39. The highest BCUT2D eigenvalue weighted by molar-refractivity contribution is 5.20. The van der Waals surface area contributed by atoms with Gasteiger partial charge in [-0.15, -0.1) is 0 Å². The molecule has 0 aromatic heterocycles. The van der Waals surface area contributed by atoms with E-state index in [2.05, 4.69) is 19.9 Å². The van der Waals surface area contributed by atoms with Gasteiger partial charge in [0, 0.05) is 8.22 Å². The van der Waals surface area contributed by atoms with Crippen LogP contribution in [0.3, 0.4) is 0 Å². The summed E-state index contributed by atoms with van der Waals surface area (Å²) in [6, 6.07) is 0. The highest BCUT2D eigenvalue weighted by Crippen LogP contribution is 2.64. The van der Waals surface area contributed by atoms with Crippen LogP contribution in [0.1, 0.15) is 106 Å². The molecular weight excluding hydrogens is 328 g/mol. The summed E-state index contributed by atoms with van der Waals surface area (Å²) < 4.78 is 46.0. The fraction of sp³-hybridized carbons (Fsp3) is 0.923. The lowest BCUT2D eigenvalue weighted by Crippen LogP contribution is -2.47. The van der Waals surface area contributed by atoms with Crippen LogP contribution >= 0.6 is 0 Å². The molecule has 4 aliphatic rings. The van der Waals surface area contributed by atoms with E-state index in [-0.39, 0.29) is 12.5 Å². The third kappa shape index (κ3) is 3.67. The van der Waals surface area contributed by atoms with Crippen LogP contribution in [0.5, 0.6) is 0 Å². The standard InChI is InChI=1S/C26H44O/c1-17(2)6-5-7-18(3)24-12-13-25-23-10-8-19-16-20(27)9-11-21(19)22(23)14-15-26(24,25)4/h8,17-18,20-25,27H,5-7,9-16H2,1-4H3/t18-,20+,21?,22-,23-,24-,25+,26-/m1/s1/i1D3,2D3. The summed E-state index contributed by atoms with van der Waals surface area (Å²) in [6.45, 7) is 0.0185. The normalized spacial score (nSPS) is 49.3. The maximum Gasteiger partial charge on any atom is 0.0577 e. The minimum absolute atomic E-state index is 0.134. The summed E-state index contributed by atoms with van der Waals surface area (Å²) in [6.07, 6.45) is 13.6. The van der Waals surface area contributed by atoms with Crippen molar-refractivity contribution in [3.63, 3.8) is 0 Å². The van der Waals surface area contributed by atoms with E-state index < -0.39 is 19.6 Å². The van der Waals surface area contributed by atoms with Gasteiger partial charge in [0.1, 0.15) is 0 Å². The molecule has 0 bridgehead atoms. The number of allylic oxidation sites excluding steroid dienone is 1. The Labute approximate surface area is 176 Å². The molecule has 0 aromatic carbocycles. The molecule has 0 saturated heterocycles. The molecule has 4 aliphatic carbocycles. The van der Waals surface area contributed by atoms with E-state index >= 15 is 0 Å². The summed E-state index contributed by atoms with van der Waals surface area (Å²) in [5.41, 5.74) is 1.90. The maximum atomic E-state index is 10.1. The second-order valence-corrected chi connectivity index (χ2v) is 10.7. The first kappa shape index (κ1) is 13.8. The van der Waals surface area contributed by atoms with E-state index in [4.69, 9.17) is 8.22 Å². The Morgan fingerprint density at radius 3 is 2.81 bits per heavy atom. The molecule has 0 spiro atoms. The number of aliphatic hydroxyl groups is 1. The zero-order valence-electron chi connectivity index (χ0n) is 23.4. The Morgan fingerprint density at radius 2 is 2.00 bits per heavy atom. The molecular formula is C26H44O. The van der Waals surface area contributed by atoms with Gasteiger partial charge >= 0.3 is 0 Å². The molecule has 1 N–H and O–H groups in total. The number of rotatable bonds is 5. The van der Waals surface area contributed by atoms with Gasteiger partial charge in [0.15, 0.2) is 0 Å². The van der Waals surface area contributed by atoms with Gasteiger partial charge in [-0.05, 0) is 98.2 Å². The Hall–Kier alpha value is -0.300. The summed E-state index contributed by atoms with van der Waals surface area (Å²) in [5, 5.41) is 10.1. The molecule has 1 heteroatoms. The lowest BCUT2D eigenvalue weighted by atomic mass is 9.51. The van der Waals surface area contributed by atoms with Crippen molar-refractivity contribution in [1.29, 1.82) is 0 Å². The Morgan fingerprint density at radius 1 is 1.15 bits per heavy atom. The molecule has 3 saturated carbocycles. The second kappa shape index (κ2) is 7.85. The van der Waals surface area contributed by atoms with E-state index in [0.717, 1.165) is 43.4 Å². The molecule has 0 heterocycles. The first-order valence-electron chi connectivity index (χ1n) is 14.7. The highest BCUT2D eigenvalue weighted by atomic mass is 16.3. The summed E-state index contributed by atoms with van der Waals surface area (Å²) in [7, 11) is 0. The van der Waals surface area contributed by atoms with E-state index in [1.807, 2.05) is 0 Å². The minimum Gasteiger partial charge on any atom is -0.393 e. The van der Waals surface area contributed by atoms with Gasteiger partial charge in [-0.2, -0.15) is 0 Å². The second-order valence-electron chi connectivity index (χ2n) is 10.7. The molecule has 1 unspecified atom stereocenters. The van der Waals surface area contributed by atoms with Crippen LogP contribution in [0.2, 0.25) is 0 Å². The molecule has 8 atom stereocenters. The van der Waals surface area contributed by atoms with Crippen molar-refractivity contribution in [1.82, 2.24) is 0 Å². The molecule has 3 fully saturated rings. The topological polar surface area (TPSA) is 20.2 Å². The van der Waals surface area contributed by atoms with Crippen LogP contribution in [0.4, 0.5) is 0 Å². The van der Waals surface area contributed by atoms with Crippen LogP contribution < -0.4 is 0 Å². The molecule has 0 aliphatic heterocycles. The summed E-state index contributed by atoms with van der Waals surface area (Å²) >= 11 is 0. The SMILES string of the molecule is [2H]C([2H])([2H])C(CCC[C@@H](C)[C@H]1CC[C@H]2[C@@H]3CC=C4C[C@@H](O)CCC4[C@H]3CC[C@]12C)C([2H])([2H])[2H]. The molecule has 4 rings (SSSR count). The Kier molecular flexibility index (Phi) is 4.02. The quantitative estimate of drug-likeness (QED) is 0.511. The van der Waals surface area contributed by atoms with Crippen molar-refractivity contribution in [2.45, 2.75) is 104 Å². The van der Waals surface area contributed by atoms with E-state index in [0.29, 0.717) is 29.6 Å². The van der Waals surface area contributed by atoms with E-state index in [1.165, 1.54) is 32.1 Å². The predicted octanol–water partition coefficient (Wildman–Crippen LogP) is 7.00. The largest absolute Gasteiger partial charge is 0.393 e. The first-order chi connectivity index (χ1) is 15.3. The van der Waals surface area contributed by atoms with E-state index in [9.17, 15) is 5.11 Å². The van der Waals surface area contributed by atoms with Crippen molar-refractivity contribution < 1.29 is 13.3 Å². The fourth-order valence-electron chi connectivity index (χ4n) is 8.07. The van der Waals surface area contributed by atoms with Gasteiger partial charge in [-0.3, -0.25) is 0 Å². The third-order valence-corrected chi connectivity index (χ3v) is 9.33. The van der Waals surface area contributed by atoms with Crippen molar-refractivity contribution >= 4 is 0 Å². The van der Waals surface area contributed by atoms with E-state index in [1.54, 1.807) is 5.57 Å². The molecule has 0 aromatic rings. The number of hydrogen-bond donors (Lipinski definition) is 1. The monoisotopic (exact) mass is 378 g/mol. The van der Waals surface area contributed by atoms with Gasteiger partial charge in [0.25, 0.3) is 0 Å². The van der Waals surface area contributed by atoms with Crippen LogP contribution in [-0.2, 0) is 0 Å². The third-order valence-electron chi connectivity index (χ3n) is 9.33. The van der Waals surface area contributed by atoms with Gasteiger partial charge in [0.05, 0.1) is 6.10 Å². The minimum atomic E-state index is -2.42. The highest BCUT2D eigenvalue weighted by Gasteiger charge is 2.56. The predicted molar refractivity (Wildman–Crippen MR) is 114 cm³/mol. The van der Waals surface area contributed by atoms with Gasteiger partial charge in [-0.1, -0.05) is 58.5 Å². The average Bonchev–Trinajstić information content (AvgIpc) is 3.06. The smallest absolute Gasteiger partial charge is 0.0577 e.